The van der Waals surface area contributed by atoms with Gasteiger partial charge in [-0.15, -0.1) is 0 Å². The van der Waals surface area contributed by atoms with Crippen LogP contribution in [-0.4, -0.2) is 36.1 Å². The number of hydrogen-bond donors (Lipinski definition) is 1. The molecule has 3 nitrogen and oxygen atoms in total. The van der Waals surface area contributed by atoms with Gasteiger partial charge in [0.1, 0.15) is 0 Å². The fourth-order valence-electron chi connectivity index (χ4n) is 3.26. The van der Waals surface area contributed by atoms with E-state index >= 15 is 0 Å². The van der Waals surface area contributed by atoms with E-state index in [-0.39, 0.29) is 5.92 Å². The molecule has 1 aliphatic heterocycles. The van der Waals surface area contributed by atoms with E-state index in [1.54, 1.807) is 0 Å². The molecule has 0 aromatic heterocycles. The van der Waals surface area contributed by atoms with E-state index in [2.05, 4.69) is 11.9 Å². The van der Waals surface area contributed by atoms with E-state index < -0.39 is 5.97 Å². The SMILES string of the molecule is CN1CC(C(C(=O)O)C2CCCCC2)C1. The maximum Gasteiger partial charge on any atom is 0.307 e. The molecule has 0 amide bonds. The molecule has 1 unspecified atom stereocenters. The first-order valence-electron chi connectivity index (χ1n) is 6.10. The third kappa shape index (κ3) is 2.33. The minimum absolute atomic E-state index is 0.0681. The van der Waals surface area contributed by atoms with Crippen molar-refractivity contribution in [2.24, 2.45) is 17.8 Å². The van der Waals surface area contributed by atoms with Crippen molar-refractivity contribution in [3.8, 4) is 0 Å². The molecule has 1 aliphatic carbocycles. The number of nitrogens with zero attached hydrogens (tertiary/aromatic N) is 1. The van der Waals surface area contributed by atoms with Gasteiger partial charge in [-0.2, -0.15) is 0 Å². The highest BCUT2D eigenvalue weighted by molar-refractivity contribution is 5.71. The van der Waals surface area contributed by atoms with Crippen LogP contribution in [0.4, 0.5) is 0 Å². The van der Waals surface area contributed by atoms with E-state index in [0.717, 1.165) is 25.9 Å². The van der Waals surface area contributed by atoms with Crippen molar-refractivity contribution in [1.82, 2.24) is 4.90 Å². The second-order valence-electron chi connectivity index (χ2n) is 5.24. The van der Waals surface area contributed by atoms with E-state index in [0.29, 0.717) is 11.8 Å². The summed E-state index contributed by atoms with van der Waals surface area (Å²) in [5, 5.41) is 9.33. The molecule has 0 bridgehead atoms. The third-order valence-corrected chi connectivity index (χ3v) is 4.04. The largest absolute Gasteiger partial charge is 0.481 e. The van der Waals surface area contributed by atoms with Gasteiger partial charge in [0.2, 0.25) is 0 Å². The van der Waals surface area contributed by atoms with Crippen molar-refractivity contribution in [3.05, 3.63) is 0 Å². The standard InChI is InChI=1S/C12H21NO2/c1-13-7-10(8-13)11(12(14)15)9-5-3-2-4-6-9/h9-11H,2-8H2,1H3,(H,14,15). The van der Waals surface area contributed by atoms with Gasteiger partial charge in [-0.25, -0.2) is 0 Å². The predicted molar refractivity (Wildman–Crippen MR) is 58.7 cm³/mol. The Morgan fingerprint density at radius 2 is 1.80 bits per heavy atom. The highest BCUT2D eigenvalue weighted by Crippen LogP contribution is 2.37. The zero-order chi connectivity index (χ0) is 10.8. The molecule has 1 saturated carbocycles. The number of hydrogen-bond acceptors (Lipinski definition) is 2. The van der Waals surface area contributed by atoms with Crippen LogP contribution in [-0.2, 0) is 4.79 Å². The Labute approximate surface area is 91.5 Å². The number of carbonyl (C=O) groups is 1. The van der Waals surface area contributed by atoms with Gasteiger partial charge in [0.05, 0.1) is 5.92 Å². The van der Waals surface area contributed by atoms with Crippen molar-refractivity contribution in [1.29, 1.82) is 0 Å². The van der Waals surface area contributed by atoms with Crippen LogP contribution < -0.4 is 0 Å². The second-order valence-corrected chi connectivity index (χ2v) is 5.24. The van der Waals surface area contributed by atoms with Crippen LogP contribution in [0.25, 0.3) is 0 Å². The van der Waals surface area contributed by atoms with Crippen molar-refractivity contribution in [3.63, 3.8) is 0 Å². The van der Waals surface area contributed by atoms with E-state index in [1.807, 2.05) is 0 Å². The van der Waals surface area contributed by atoms with E-state index in [4.69, 9.17) is 0 Å². The normalized spacial score (nSPS) is 27.3. The molecular formula is C12H21NO2. The van der Waals surface area contributed by atoms with Crippen molar-refractivity contribution in [2.45, 2.75) is 32.1 Å². The van der Waals surface area contributed by atoms with Gasteiger partial charge in [0, 0.05) is 13.1 Å². The van der Waals surface area contributed by atoms with Gasteiger partial charge in [-0.3, -0.25) is 4.79 Å². The maximum atomic E-state index is 11.3. The molecular weight excluding hydrogens is 190 g/mol. The van der Waals surface area contributed by atoms with Crippen LogP contribution in [0.3, 0.4) is 0 Å². The van der Waals surface area contributed by atoms with Crippen molar-refractivity contribution < 1.29 is 9.90 Å². The monoisotopic (exact) mass is 211 g/mol. The Hall–Kier alpha value is -0.570. The van der Waals surface area contributed by atoms with Gasteiger partial charge in [0.15, 0.2) is 0 Å². The zero-order valence-corrected chi connectivity index (χ0v) is 9.48. The first-order chi connectivity index (χ1) is 7.18. The van der Waals surface area contributed by atoms with Crippen LogP contribution in [0.1, 0.15) is 32.1 Å². The number of aliphatic carboxylic acids is 1. The van der Waals surface area contributed by atoms with Gasteiger partial charge in [-0.1, -0.05) is 19.3 Å². The molecule has 2 rings (SSSR count). The average molecular weight is 211 g/mol. The van der Waals surface area contributed by atoms with Crippen LogP contribution in [0.15, 0.2) is 0 Å². The quantitative estimate of drug-likeness (QED) is 0.774. The highest BCUT2D eigenvalue weighted by Gasteiger charge is 2.40. The Morgan fingerprint density at radius 1 is 1.20 bits per heavy atom. The molecule has 86 valence electrons. The van der Waals surface area contributed by atoms with Crippen LogP contribution >= 0.6 is 0 Å². The minimum atomic E-state index is -0.556. The summed E-state index contributed by atoms with van der Waals surface area (Å²) < 4.78 is 0. The van der Waals surface area contributed by atoms with Crippen molar-refractivity contribution in [2.75, 3.05) is 20.1 Å². The molecule has 0 radical (unpaired) electrons. The summed E-state index contributed by atoms with van der Waals surface area (Å²) in [6, 6.07) is 0. The molecule has 15 heavy (non-hydrogen) atoms. The fourth-order valence-corrected chi connectivity index (χ4v) is 3.26. The molecule has 0 spiro atoms. The summed E-state index contributed by atoms with van der Waals surface area (Å²) in [6.07, 6.45) is 6.04. The summed E-state index contributed by atoms with van der Waals surface area (Å²) in [7, 11) is 2.07. The van der Waals surface area contributed by atoms with Crippen LogP contribution in [0, 0.1) is 17.8 Å². The number of rotatable bonds is 3. The number of likely N-dealkylation sites (tertiary alicyclic amines) is 1. The van der Waals surface area contributed by atoms with Gasteiger partial charge in [0.25, 0.3) is 0 Å². The molecule has 3 heteroatoms. The Bertz CT molecular complexity index is 230. The smallest absolute Gasteiger partial charge is 0.307 e. The Balaban J connectivity index is 1.96. The lowest BCUT2D eigenvalue weighted by Gasteiger charge is -2.43. The molecule has 2 aliphatic rings. The third-order valence-electron chi connectivity index (χ3n) is 4.04. The Morgan fingerprint density at radius 3 is 2.27 bits per heavy atom. The molecule has 0 aromatic carbocycles. The zero-order valence-electron chi connectivity index (χ0n) is 9.48. The lowest BCUT2D eigenvalue weighted by molar-refractivity contribution is -0.149. The Kier molecular flexibility index (Phi) is 3.29. The summed E-state index contributed by atoms with van der Waals surface area (Å²) in [5.74, 6) is 0.243. The van der Waals surface area contributed by atoms with E-state index in [1.165, 1.54) is 19.3 Å². The molecule has 1 heterocycles. The molecule has 1 saturated heterocycles. The molecule has 2 fully saturated rings. The lowest BCUT2D eigenvalue weighted by Crippen LogP contribution is -2.51. The topological polar surface area (TPSA) is 40.5 Å². The predicted octanol–water partition coefficient (Wildman–Crippen LogP) is 1.83. The number of carboxylic acids is 1. The summed E-state index contributed by atoms with van der Waals surface area (Å²) >= 11 is 0. The first kappa shape index (κ1) is 10.9. The minimum Gasteiger partial charge on any atom is -0.481 e. The van der Waals surface area contributed by atoms with E-state index in [9.17, 15) is 9.90 Å². The van der Waals surface area contributed by atoms with Crippen LogP contribution in [0.2, 0.25) is 0 Å². The average Bonchev–Trinajstić information content (AvgIpc) is 2.17. The summed E-state index contributed by atoms with van der Waals surface area (Å²) in [6.45, 7) is 1.96. The second kappa shape index (κ2) is 4.52. The fraction of sp³-hybridized carbons (Fsp3) is 0.917. The first-order valence-corrected chi connectivity index (χ1v) is 6.10. The van der Waals surface area contributed by atoms with Gasteiger partial charge >= 0.3 is 5.97 Å². The van der Waals surface area contributed by atoms with Gasteiger partial charge < -0.3 is 10.0 Å². The highest BCUT2D eigenvalue weighted by atomic mass is 16.4. The molecule has 1 atom stereocenters. The van der Waals surface area contributed by atoms with Crippen LogP contribution in [0.5, 0.6) is 0 Å². The molecule has 1 N–H and O–H groups in total. The summed E-state index contributed by atoms with van der Waals surface area (Å²) in [4.78, 5) is 13.5. The summed E-state index contributed by atoms with van der Waals surface area (Å²) in [5.41, 5.74) is 0. The van der Waals surface area contributed by atoms with Crippen molar-refractivity contribution >= 4 is 5.97 Å². The molecule has 0 aromatic rings. The lowest BCUT2D eigenvalue weighted by atomic mass is 9.72. The number of carboxylic acid groups (broad SMARTS) is 1. The maximum absolute atomic E-state index is 11.3. The van der Waals surface area contributed by atoms with Gasteiger partial charge in [-0.05, 0) is 31.7 Å².